The molecule has 1 fully saturated rings. The fourth-order valence-corrected chi connectivity index (χ4v) is 3.04. The largest absolute Gasteiger partial charge is 0.389 e. The summed E-state index contributed by atoms with van der Waals surface area (Å²) in [6.07, 6.45) is 1.91. The highest BCUT2D eigenvalue weighted by molar-refractivity contribution is 7.12. The lowest BCUT2D eigenvalue weighted by Crippen LogP contribution is -2.42. The van der Waals surface area contributed by atoms with Gasteiger partial charge in [0.1, 0.15) is 11.2 Å². The summed E-state index contributed by atoms with van der Waals surface area (Å²) in [4.78, 5) is 4.30. The van der Waals surface area contributed by atoms with Gasteiger partial charge in [-0.1, -0.05) is 11.3 Å². The van der Waals surface area contributed by atoms with Crippen LogP contribution in [0.4, 0.5) is 5.95 Å². The van der Waals surface area contributed by atoms with Crippen molar-refractivity contribution >= 4 is 22.8 Å². The zero-order valence-electron chi connectivity index (χ0n) is 11.6. The Hall–Kier alpha value is -2.10. The molecule has 0 amide bonds. The molecule has 3 aromatic rings. The molecule has 4 rings (SSSR count). The standard InChI is InChI=1S/C13H14N6O2S/c20-11-6-21-4-3-9(11)16-13-14-5-8-1-2-10(19(8)18-13)12-17-15-7-22-12/h1-2,5,7,9,11,20H,3-4,6H2,(H,16,18)/t9-,11-/m1/s1. The van der Waals surface area contributed by atoms with Crippen LogP contribution in [0.5, 0.6) is 0 Å². The Bertz CT molecular complexity index is 774. The number of fused-ring (bicyclic) bond motifs is 1. The van der Waals surface area contributed by atoms with Crippen LogP contribution in [-0.4, -0.2) is 55.3 Å². The lowest BCUT2D eigenvalue weighted by atomic mass is 10.1. The second-order valence-corrected chi connectivity index (χ2v) is 5.90. The third-order valence-electron chi connectivity index (χ3n) is 3.62. The van der Waals surface area contributed by atoms with E-state index in [0.717, 1.165) is 22.6 Å². The molecule has 1 aliphatic heterocycles. The van der Waals surface area contributed by atoms with Gasteiger partial charge in [-0.25, -0.2) is 9.50 Å². The van der Waals surface area contributed by atoms with Gasteiger partial charge >= 0.3 is 0 Å². The molecule has 8 nitrogen and oxygen atoms in total. The van der Waals surface area contributed by atoms with E-state index in [-0.39, 0.29) is 6.04 Å². The van der Waals surface area contributed by atoms with Gasteiger partial charge in [-0.2, -0.15) is 0 Å². The number of ether oxygens (including phenoxy) is 1. The molecular weight excluding hydrogens is 304 g/mol. The maximum Gasteiger partial charge on any atom is 0.241 e. The van der Waals surface area contributed by atoms with Crippen molar-refractivity contribution in [1.29, 1.82) is 0 Å². The van der Waals surface area contributed by atoms with Crippen molar-refractivity contribution in [2.24, 2.45) is 0 Å². The van der Waals surface area contributed by atoms with Gasteiger partial charge in [0, 0.05) is 6.61 Å². The van der Waals surface area contributed by atoms with E-state index in [1.807, 2.05) is 12.1 Å². The fourth-order valence-electron chi connectivity index (χ4n) is 2.47. The van der Waals surface area contributed by atoms with Gasteiger partial charge in [-0.05, 0) is 18.6 Å². The number of nitrogens with one attached hydrogen (secondary N) is 1. The van der Waals surface area contributed by atoms with Gasteiger partial charge < -0.3 is 15.2 Å². The van der Waals surface area contributed by atoms with Crippen LogP contribution < -0.4 is 5.32 Å². The number of aliphatic hydroxyl groups is 1. The number of anilines is 1. The maximum absolute atomic E-state index is 9.94. The highest BCUT2D eigenvalue weighted by Gasteiger charge is 2.24. The molecule has 0 aliphatic carbocycles. The van der Waals surface area contributed by atoms with Gasteiger partial charge in [0.05, 0.1) is 30.5 Å². The molecule has 2 atom stereocenters. The number of aromatic nitrogens is 5. The zero-order chi connectivity index (χ0) is 14.9. The van der Waals surface area contributed by atoms with E-state index in [1.165, 1.54) is 11.3 Å². The highest BCUT2D eigenvalue weighted by atomic mass is 32.1. The second-order valence-electron chi connectivity index (χ2n) is 5.06. The summed E-state index contributed by atoms with van der Waals surface area (Å²) >= 11 is 1.46. The van der Waals surface area contributed by atoms with Crippen molar-refractivity contribution in [3.8, 4) is 10.7 Å². The van der Waals surface area contributed by atoms with Crippen molar-refractivity contribution in [3.63, 3.8) is 0 Å². The fraction of sp³-hybridized carbons (Fsp3) is 0.385. The first-order chi connectivity index (χ1) is 10.8. The molecule has 0 bridgehead atoms. The van der Waals surface area contributed by atoms with Gasteiger partial charge in [0.15, 0.2) is 5.01 Å². The number of hydrogen-bond donors (Lipinski definition) is 2. The van der Waals surface area contributed by atoms with E-state index in [4.69, 9.17) is 4.74 Å². The van der Waals surface area contributed by atoms with E-state index in [1.54, 1.807) is 16.2 Å². The van der Waals surface area contributed by atoms with Gasteiger partial charge in [-0.3, -0.25) is 0 Å². The summed E-state index contributed by atoms with van der Waals surface area (Å²) in [6, 6.07) is 3.77. The predicted octanol–water partition coefficient (Wildman–Crippen LogP) is 0.809. The molecule has 22 heavy (non-hydrogen) atoms. The Morgan fingerprint density at radius 1 is 1.41 bits per heavy atom. The monoisotopic (exact) mass is 318 g/mol. The van der Waals surface area contributed by atoms with Crippen LogP contribution in [0.1, 0.15) is 6.42 Å². The van der Waals surface area contributed by atoms with Crippen LogP contribution in [-0.2, 0) is 4.74 Å². The molecule has 0 aromatic carbocycles. The van der Waals surface area contributed by atoms with Crippen LogP contribution in [0.15, 0.2) is 23.8 Å². The first-order valence-corrected chi connectivity index (χ1v) is 7.83. The Balaban J connectivity index is 1.66. The smallest absolute Gasteiger partial charge is 0.241 e. The average Bonchev–Trinajstić information content (AvgIpc) is 3.18. The molecule has 3 aromatic heterocycles. The summed E-state index contributed by atoms with van der Waals surface area (Å²) in [7, 11) is 0. The first-order valence-electron chi connectivity index (χ1n) is 6.95. The average molecular weight is 318 g/mol. The van der Waals surface area contributed by atoms with Crippen molar-refractivity contribution in [1.82, 2.24) is 24.8 Å². The Morgan fingerprint density at radius 3 is 3.18 bits per heavy atom. The van der Waals surface area contributed by atoms with Crippen molar-refractivity contribution < 1.29 is 9.84 Å². The second kappa shape index (κ2) is 5.59. The molecule has 2 N–H and O–H groups in total. The highest BCUT2D eigenvalue weighted by Crippen LogP contribution is 2.23. The molecule has 1 aliphatic rings. The van der Waals surface area contributed by atoms with Crippen LogP contribution in [0.3, 0.4) is 0 Å². The van der Waals surface area contributed by atoms with E-state index < -0.39 is 6.10 Å². The predicted molar refractivity (Wildman–Crippen MR) is 80.7 cm³/mol. The quantitative estimate of drug-likeness (QED) is 0.737. The lowest BCUT2D eigenvalue weighted by molar-refractivity contribution is -0.0136. The summed E-state index contributed by atoms with van der Waals surface area (Å²) in [6.45, 7) is 0.954. The topological polar surface area (TPSA) is 97.5 Å². The third-order valence-corrected chi connectivity index (χ3v) is 4.33. The number of rotatable bonds is 3. The minimum absolute atomic E-state index is 0.105. The number of hydrogen-bond acceptors (Lipinski definition) is 8. The lowest BCUT2D eigenvalue weighted by Gasteiger charge is -2.28. The summed E-state index contributed by atoms with van der Waals surface area (Å²) in [5.41, 5.74) is 3.44. The van der Waals surface area contributed by atoms with Gasteiger partial charge in [0.2, 0.25) is 5.95 Å². The maximum atomic E-state index is 9.94. The Kier molecular flexibility index (Phi) is 3.45. The summed E-state index contributed by atoms with van der Waals surface area (Å²) < 4.78 is 7.01. The molecule has 0 spiro atoms. The van der Waals surface area contributed by atoms with Crippen molar-refractivity contribution in [2.75, 3.05) is 18.5 Å². The molecule has 4 heterocycles. The Labute approximate surface area is 129 Å². The molecule has 0 radical (unpaired) electrons. The van der Waals surface area contributed by atoms with Crippen molar-refractivity contribution in [2.45, 2.75) is 18.6 Å². The minimum atomic E-state index is -0.555. The number of nitrogens with zero attached hydrogens (tertiary/aromatic N) is 5. The van der Waals surface area contributed by atoms with Crippen LogP contribution in [0.2, 0.25) is 0 Å². The van der Waals surface area contributed by atoms with Crippen LogP contribution in [0, 0.1) is 0 Å². The Morgan fingerprint density at radius 2 is 2.36 bits per heavy atom. The van der Waals surface area contributed by atoms with E-state index in [9.17, 15) is 5.11 Å². The number of aliphatic hydroxyl groups excluding tert-OH is 1. The van der Waals surface area contributed by atoms with Crippen LogP contribution >= 0.6 is 11.3 Å². The summed E-state index contributed by atoms with van der Waals surface area (Å²) in [5.74, 6) is 0.473. The van der Waals surface area contributed by atoms with E-state index in [2.05, 4.69) is 25.6 Å². The summed E-state index contributed by atoms with van der Waals surface area (Å²) in [5, 5.41) is 26.4. The molecule has 9 heteroatoms. The molecule has 0 unspecified atom stereocenters. The normalized spacial score (nSPS) is 22.0. The van der Waals surface area contributed by atoms with E-state index in [0.29, 0.717) is 19.2 Å². The first kappa shape index (κ1) is 13.6. The van der Waals surface area contributed by atoms with Gasteiger partial charge in [0.25, 0.3) is 0 Å². The minimum Gasteiger partial charge on any atom is -0.389 e. The molecular formula is C13H14N6O2S. The molecule has 1 saturated heterocycles. The van der Waals surface area contributed by atoms with Gasteiger partial charge in [-0.15, -0.1) is 15.3 Å². The molecule has 114 valence electrons. The van der Waals surface area contributed by atoms with E-state index >= 15 is 0 Å². The van der Waals surface area contributed by atoms with Crippen molar-refractivity contribution in [3.05, 3.63) is 23.8 Å². The zero-order valence-corrected chi connectivity index (χ0v) is 12.4. The third kappa shape index (κ3) is 2.43. The SMILES string of the molecule is O[C@@H]1COCC[C@H]1Nc1ncc2ccc(-c3nncs3)n2n1. The van der Waals surface area contributed by atoms with Crippen LogP contribution in [0.25, 0.3) is 16.2 Å². The molecule has 0 saturated carbocycles.